The molecule has 1 fully saturated rings. The summed E-state index contributed by atoms with van der Waals surface area (Å²) in [5, 5.41) is 0.685. The lowest BCUT2D eigenvalue weighted by Gasteiger charge is -2.23. The highest BCUT2D eigenvalue weighted by Gasteiger charge is 2.33. The number of benzene rings is 1. The van der Waals surface area contributed by atoms with E-state index in [9.17, 15) is 18.0 Å². The fourth-order valence-corrected chi connectivity index (χ4v) is 5.33. The molecule has 1 atom stereocenters. The molecule has 2 heterocycles. The van der Waals surface area contributed by atoms with Crippen molar-refractivity contribution >= 4 is 32.6 Å². The predicted molar refractivity (Wildman–Crippen MR) is 106 cm³/mol. The molecule has 0 aliphatic carbocycles. The van der Waals surface area contributed by atoms with Gasteiger partial charge in [0.1, 0.15) is 0 Å². The first kappa shape index (κ1) is 20.3. The van der Waals surface area contributed by atoms with E-state index >= 15 is 0 Å². The van der Waals surface area contributed by atoms with Crippen LogP contribution < -0.4 is 0 Å². The average molecular weight is 404 g/mol. The van der Waals surface area contributed by atoms with Crippen molar-refractivity contribution in [2.24, 2.45) is 0 Å². The van der Waals surface area contributed by atoms with Crippen molar-refractivity contribution in [3.8, 4) is 0 Å². The van der Waals surface area contributed by atoms with Gasteiger partial charge in [0.2, 0.25) is 0 Å². The van der Waals surface area contributed by atoms with Gasteiger partial charge in [-0.2, -0.15) is 0 Å². The minimum atomic E-state index is -3.09. The fraction of sp³-hybridized carbons (Fsp3) is 0.450. The van der Waals surface area contributed by atoms with Crippen LogP contribution >= 0.6 is 0 Å². The Morgan fingerprint density at radius 1 is 1.29 bits per heavy atom. The number of amides is 1. The van der Waals surface area contributed by atoms with Gasteiger partial charge in [-0.15, -0.1) is 0 Å². The summed E-state index contributed by atoms with van der Waals surface area (Å²) in [4.78, 5) is 31.1. The molecule has 1 aromatic carbocycles. The summed E-state index contributed by atoms with van der Waals surface area (Å²) in [6, 6.07) is 6.96. The molecule has 0 N–H and O–H groups in total. The van der Waals surface area contributed by atoms with Gasteiger partial charge in [0.05, 0.1) is 22.6 Å². The molecule has 0 spiro atoms. The van der Waals surface area contributed by atoms with Crippen LogP contribution in [-0.2, 0) is 25.8 Å². The molecule has 0 radical (unpaired) electrons. The van der Waals surface area contributed by atoms with Crippen LogP contribution in [0.5, 0.6) is 0 Å². The minimum absolute atomic E-state index is 0.0445. The van der Waals surface area contributed by atoms with Crippen molar-refractivity contribution in [2.75, 3.05) is 25.2 Å². The number of carbonyl (C=O) groups is 2. The fourth-order valence-electron chi connectivity index (χ4n) is 3.55. The highest BCUT2D eigenvalue weighted by Crippen LogP contribution is 2.24. The van der Waals surface area contributed by atoms with E-state index < -0.39 is 28.3 Å². The SMILES string of the molecule is CCc1nc2ccccc2c(C(=O)OCC(=O)N(C)[C@H]2CCS(=O)(=O)C2)c1C. The highest BCUT2D eigenvalue weighted by molar-refractivity contribution is 7.91. The van der Waals surface area contributed by atoms with E-state index in [0.717, 1.165) is 11.3 Å². The molecule has 150 valence electrons. The first-order valence-corrected chi connectivity index (χ1v) is 11.1. The summed E-state index contributed by atoms with van der Waals surface area (Å²) in [6.07, 6.45) is 1.08. The highest BCUT2D eigenvalue weighted by atomic mass is 32.2. The van der Waals surface area contributed by atoms with Crippen LogP contribution in [0.2, 0.25) is 0 Å². The van der Waals surface area contributed by atoms with Gasteiger partial charge in [0.25, 0.3) is 5.91 Å². The second kappa shape index (κ2) is 7.87. The number of fused-ring (bicyclic) bond motifs is 1. The number of nitrogens with zero attached hydrogens (tertiary/aromatic N) is 2. The molecule has 1 amide bonds. The van der Waals surface area contributed by atoms with Crippen LogP contribution in [-0.4, -0.2) is 61.4 Å². The number of likely N-dealkylation sites (N-methyl/N-ethyl adjacent to an activating group) is 1. The van der Waals surface area contributed by atoms with Crippen molar-refractivity contribution in [1.82, 2.24) is 9.88 Å². The van der Waals surface area contributed by atoms with Crippen molar-refractivity contribution < 1.29 is 22.7 Å². The maximum Gasteiger partial charge on any atom is 0.339 e. The largest absolute Gasteiger partial charge is 0.452 e. The number of ether oxygens (including phenoxy) is 1. The first-order valence-electron chi connectivity index (χ1n) is 9.25. The summed E-state index contributed by atoms with van der Waals surface area (Å²) < 4.78 is 28.5. The molecule has 0 saturated carbocycles. The Kier molecular flexibility index (Phi) is 5.69. The second-order valence-electron chi connectivity index (χ2n) is 7.07. The molecule has 8 heteroatoms. The minimum Gasteiger partial charge on any atom is -0.452 e. The molecule has 7 nitrogen and oxygen atoms in total. The van der Waals surface area contributed by atoms with Crippen LogP contribution in [0.25, 0.3) is 10.9 Å². The van der Waals surface area contributed by atoms with E-state index in [2.05, 4.69) is 4.98 Å². The Morgan fingerprint density at radius 2 is 2.00 bits per heavy atom. The van der Waals surface area contributed by atoms with E-state index in [1.165, 1.54) is 4.90 Å². The number of para-hydroxylation sites is 1. The summed E-state index contributed by atoms with van der Waals surface area (Å²) in [6.45, 7) is 3.36. The third-order valence-corrected chi connectivity index (χ3v) is 7.00. The molecule has 1 aliphatic heterocycles. The molecule has 28 heavy (non-hydrogen) atoms. The normalized spacial score (nSPS) is 18.2. The van der Waals surface area contributed by atoms with Gasteiger partial charge in [-0.05, 0) is 31.4 Å². The van der Waals surface area contributed by atoms with Gasteiger partial charge >= 0.3 is 5.97 Å². The topological polar surface area (TPSA) is 93.6 Å². The second-order valence-corrected chi connectivity index (χ2v) is 9.30. The van der Waals surface area contributed by atoms with Gasteiger partial charge in [-0.25, -0.2) is 13.2 Å². The Hall–Kier alpha value is -2.48. The van der Waals surface area contributed by atoms with Crippen LogP contribution in [0.15, 0.2) is 24.3 Å². The molecule has 2 aromatic rings. The van der Waals surface area contributed by atoms with E-state index in [4.69, 9.17) is 4.74 Å². The lowest BCUT2D eigenvalue weighted by Crippen LogP contribution is -2.40. The number of rotatable bonds is 5. The van der Waals surface area contributed by atoms with Crippen LogP contribution in [0, 0.1) is 6.92 Å². The van der Waals surface area contributed by atoms with Crippen molar-refractivity contribution in [2.45, 2.75) is 32.7 Å². The lowest BCUT2D eigenvalue weighted by atomic mass is 10.0. The standard InChI is InChI=1S/C20H24N2O5S/c1-4-16-13(2)19(15-7-5-6-8-17(15)21-16)20(24)27-11-18(23)22(3)14-9-10-28(25,26)12-14/h5-8,14H,4,9-12H2,1-3H3/t14-/m0/s1. The first-order chi connectivity index (χ1) is 13.2. The Labute approximate surface area is 164 Å². The van der Waals surface area contributed by atoms with Crippen LogP contribution in [0.1, 0.15) is 35.0 Å². The number of pyridine rings is 1. The Balaban J connectivity index is 1.76. The number of hydrogen-bond donors (Lipinski definition) is 0. The van der Waals surface area contributed by atoms with Crippen molar-refractivity contribution in [3.05, 3.63) is 41.1 Å². The van der Waals surface area contributed by atoms with Crippen LogP contribution in [0.4, 0.5) is 0 Å². The van der Waals surface area contributed by atoms with E-state index in [1.54, 1.807) is 7.05 Å². The molecule has 1 aliphatic rings. The Morgan fingerprint density at radius 3 is 2.64 bits per heavy atom. The molecule has 0 bridgehead atoms. The summed E-state index contributed by atoms with van der Waals surface area (Å²) in [5.74, 6) is -0.956. The zero-order valence-corrected chi connectivity index (χ0v) is 17.1. The quantitative estimate of drug-likeness (QED) is 0.707. The maximum absolute atomic E-state index is 12.8. The van der Waals surface area contributed by atoms with Gasteiger partial charge in [0, 0.05) is 24.2 Å². The van der Waals surface area contributed by atoms with Crippen molar-refractivity contribution in [3.63, 3.8) is 0 Å². The predicted octanol–water partition coefficient (Wildman–Crippen LogP) is 1.91. The average Bonchev–Trinajstić information content (AvgIpc) is 3.04. The number of esters is 1. The zero-order valence-electron chi connectivity index (χ0n) is 16.3. The van der Waals surface area contributed by atoms with E-state index in [-0.39, 0.29) is 17.5 Å². The molecule has 0 unspecified atom stereocenters. The van der Waals surface area contributed by atoms with Crippen molar-refractivity contribution in [1.29, 1.82) is 0 Å². The molecule has 1 saturated heterocycles. The lowest BCUT2D eigenvalue weighted by molar-refractivity contribution is -0.134. The number of aromatic nitrogens is 1. The van der Waals surface area contributed by atoms with E-state index in [1.807, 2.05) is 38.1 Å². The van der Waals surface area contributed by atoms with Crippen LogP contribution in [0.3, 0.4) is 0 Å². The maximum atomic E-state index is 12.8. The smallest absolute Gasteiger partial charge is 0.339 e. The summed E-state index contributed by atoms with van der Waals surface area (Å²) in [7, 11) is -1.55. The molecular weight excluding hydrogens is 380 g/mol. The number of carbonyl (C=O) groups excluding carboxylic acids is 2. The van der Waals surface area contributed by atoms with Gasteiger partial charge in [-0.3, -0.25) is 9.78 Å². The third-order valence-electron chi connectivity index (χ3n) is 5.25. The zero-order chi connectivity index (χ0) is 20.5. The monoisotopic (exact) mass is 404 g/mol. The summed E-state index contributed by atoms with van der Waals surface area (Å²) >= 11 is 0. The van der Waals surface area contributed by atoms with Gasteiger partial charge in [-0.1, -0.05) is 25.1 Å². The number of aryl methyl sites for hydroxylation is 1. The molecular formula is C20H24N2O5S. The van der Waals surface area contributed by atoms with Gasteiger partial charge in [0.15, 0.2) is 16.4 Å². The molecule has 1 aromatic heterocycles. The number of sulfone groups is 1. The summed E-state index contributed by atoms with van der Waals surface area (Å²) in [5.41, 5.74) is 2.68. The van der Waals surface area contributed by atoms with Gasteiger partial charge < -0.3 is 9.64 Å². The number of hydrogen-bond acceptors (Lipinski definition) is 6. The third kappa shape index (κ3) is 4.01. The Bertz CT molecular complexity index is 1030. The molecule has 3 rings (SSSR count). The van der Waals surface area contributed by atoms with E-state index in [0.29, 0.717) is 29.3 Å².